The number of methoxy groups -OCH3 is 1. The Bertz CT molecular complexity index is 1060. The average Bonchev–Trinajstić information content (AvgIpc) is 3.58. The molecule has 4 rings (SSSR count). The molecule has 1 aliphatic heterocycles. The maximum atomic E-state index is 12.8. The first-order valence-corrected chi connectivity index (χ1v) is 11.7. The SMILES string of the molecule is COCCn1c(Cc2ccccc2)nnc1SCC(=O)c1c[nH]c(C(=O)N2CCCC2)c1. The number of likely N-dealkylation sites (tertiary alicyclic amines) is 1. The molecule has 1 fully saturated rings. The van der Waals surface area contributed by atoms with Crippen LogP contribution >= 0.6 is 11.8 Å². The molecule has 1 aromatic carbocycles. The third kappa shape index (κ3) is 5.28. The Hall–Kier alpha value is -2.91. The summed E-state index contributed by atoms with van der Waals surface area (Å²) in [6, 6.07) is 11.7. The van der Waals surface area contributed by atoms with E-state index >= 15 is 0 Å². The predicted molar refractivity (Wildman–Crippen MR) is 122 cm³/mol. The minimum absolute atomic E-state index is 0.0425. The third-order valence-corrected chi connectivity index (χ3v) is 6.45. The fraction of sp³-hybridized carbons (Fsp3) is 0.391. The van der Waals surface area contributed by atoms with Gasteiger partial charge in [-0.25, -0.2) is 0 Å². The number of hydrogen-bond donors (Lipinski definition) is 1. The zero-order valence-corrected chi connectivity index (χ0v) is 18.9. The number of nitrogens with one attached hydrogen (secondary N) is 1. The van der Waals surface area contributed by atoms with E-state index in [-0.39, 0.29) is 17.4 Å². The second kappa shape index (κ2) is 10.6. The van der Waals surface area contributed by atoms with E-state index in [4.69, 9.17) is 4.74 Å². The number of H-pyrrole nitrogens is 1. The monoisotopic (exact) mass is 453 g/mol. The molecule has 3 aromatic rings. The van der Waals surface area contributed by atoms with Crippen molar-refractivity contribution in [3.05, 3.63) is 65.2 Å². The number of carbonyl (C=O) groups is 2. The lowest BCUT2D eigenvalue weighted by atomic mass is 10.1. The molecule has 2 aromatic heterocycles. The average molecular weight is 454 g/mol. The topological polar surface area (TPSA) is 93.1 Å². The van der Waals surface area contributed by atoms with E-state index in [1.165, 1.54) is 11.8 Å². The van der Waals surface area contributed by atoms with Crippen molar-refractivity contribution in [2.24, 2.45) is 0 Å². The quantitative estimate of drug-likeness (QED) is 0.375. The van der Waals surface area contributed by atoms with Gasteiger partial charge in [-0.05, 0) is 24.5 Å². The van der Waals surface area contributed by atoms with Crippen molar-refractivity contribution in [3.63, 3.8) is 0 Å². The minimum Gasteiger partial charge on any atom is -0.383 e. The summed E-state index contributed by atoms with van der Waals surface area (Å²) < 4.78 is 7.25. The number of aromatic nitrogens is 4. The second-order valence-corrected chi connectivity index (χ2v) is 8.66. The highest BCUT2D eigenvalue weighted by Gasteiger charge is 2.22. The van der Waals surface area contributed by atoms with Gasteiger partial charge in [-0.3, -0.25) is 9.59 Å². The van der Waals surface area contributed by atoms with Crippen LogP contribution in [0.4, 0.5) is 0 Å². The number of nitrogens with zero attached hydrogens (tertiary/aromatic N) is 4. The molecule has 0 aliphatic carbocycles. The van der Waals surface area contributed by atoms with Crippen molar-refractivity contribution in [2.45, 2.75) is 31.0 Å². The summed E-state index contributed by atoms with van der Waals surface area (Å²) in [5, 5.41) is 9.36. The lowest BCUT2D eigenvalue weighted by Gasteiger charge is -2.13. The molecular formula is C23H27N5O3S. The highest BCUT2D eigenvalue weighted by atomic mass is 32.2. The van der Waals surface area contributed by atoms with Crippen molar-refractivity contribution in [3.8, 4) is 0 Å². The number of hydrogen-bond acceptors (Lipinski definition) is 6. The van der Waals surface area contributed by atoms with Crippen molar-refractivity contribution < 1.29 is 14.3 Å². The molecule has 1 amide bonds. The van der Waals surface area contributed by atoms with E-state index < -0.39 is 0 Å². The Morgan fingerprint density at radius 2 is 1.94 bits per heavy atom. The number of carbonyl (C=O) groups excluding carboxylic acids is 2. The van der Waals surface area contributed by atoms with Crippen molar-refractivity contribution >= 4 is 23.5 Å². The Morgan fingerprint density at radius 1 is 1.16 bits per heavy atom. The van der Waals surface area contributed by atoms with Gasteiger partial charge < -0.3 is 19.2 Å². The van der Waals surface area contributed by atoms with Gasteiger partial charge in [-0.1, -0.05) is 42.1 Å². The summed E-state index contributed by atoms with van der Waals surface area (Å²) in [7, 11) is 1.66. The molecule has 1 saturated heterocycles. The smallest absolute Gasteiger partial charge is 0.270 e. The van der Waals surface area contributed by atoms with Crippen molar-refractivity contribution in [1.82, 2.24) is 24.6 Å². The molecule has 0 spiro atoms. The summed E-state index contributed by atoms with van der Waals surface area (Å²) >= 11 is 1.35. The number of benzene rings is 1. The highest BCUT2D eigenvalue weighted by molar-refractivity contribution is 7.99. The van der Waals surface area contributed by atoms with Crippen LogP contribution < -0.4 is 0 Å². The fourth-order valence-corrected chi connectivity index (χ4v) is 4.60. The summed E-state index contributed by atoms with van der Waals surface area (Å²) in [5.41, 5.74) is 2.12. The van der Waals surface area contributed by atoms with Gasteiger partial charge in [0.05, 0.1) is 12.4 Å². The van der Waals surface area contributed by atoms with Crippen LogP contribution in [0.15, 0.2) is 47.8 Å². The van der Waals surface area contributed by atoms with Crippen molar-refractivity contribution in [1.29, 1.82) is 0 Å². The molecule has 0 unspecified atom stereocenters. The maximum absolute atomic E-state index is 12.8. The van der Waals surface area contributed by atoms with Crippen LogP contribution in [0.2, 0.25) is 0 Å². The van der Waals surface area contributed by atoms with E-state index in [0.29, 0.717) is 36.0 Å². The molecular weight excluding hydrogens is 426 g/mol. The molecule has 32 heavy (non-hydrogen) atoms. The van der Waals surface area contributed by atoms with Crippen LogP contribution in [0, 0.1) is 0 Å². The first-order valence-electron chi connectivity index (χ1n) is 10.7. The molecule has 9 heteroatoms. The van der Waals surface area contributed by atoms with Crippen LogP contribution in [-0.2, 0) is 17.7 Å². The standard InChI is InChI=1S/C23H27N5O3S/c1-31-12-11-28-21(13-17-7-3-2-4-8-17)25-26-23(28)32-16-20(29)18-14-19(24-15-18)22(30)27-9-5-6-10-27/h2-4,7-8,14-15,24H,5-6,9-13,16H2,1H3. The van der Waals surface area contributed by atoms with E-state index in [9.17, 15) is 9.59 Å². The van der Waals surface area contributed by atoms with Crippen LogP contribution in [0.5, 0.6) is 0 Å². The minimum atomic E-state index is -0.0578. The van der Waals surface area contributed by atoms with E-state index in [0.717, 1.165) is 37.3 Å². The van der Waals surface area contributed by atoms with Crippen LogP contribution in [0.25, 0.3) is 0 Å². The molecule has 0 bridgehead atoms. The van der Waals surface area contributed by atoms with E-state index in [1.807, 2.05) is 27.7 Å². The Kier molecular flexibility index (Phi) is 7.39. The van der Waals surface area contributed by atoms with Crippen molar-refractivity contribution in [2.75, 3.05) is 32.6 Å². The van der Waals surface area contributed by atoms with Gasteiger partial charge in [0.2, 0.25) is 0 Å². The number of rotatable bonds is 10. The van der Waals surface area contributed by atoms with Crippen LogP contribution in [0.1, 0.15) is 45.1 Å². The lowest BCUT2D eigenvalue weighted by molar-refractivity contribution is 0.0787. The van der Waals surface area contributed by atoms with Gasteiger partial charge >= 0.3 is 0 Å². The van der Waals surface area contributed by atoms with Gasteiger partial charge in [-0.2, -0.15) is 0 Å². The highest BCUT2D eigenvalue weighted by Crippen LogP contribution is 2.21. The van der Waals surface area contributed by atoms with Gasteiger partial charge in [0.25, 0.3) is 5.91 Å². The molecule has 0 atom stereocenters. The zero-order valence-electron chi connectivity index (χ0n) is 18.1. The molecule has 1 aliphatic rings. The summed E-state index contributed by atoms with van der Waals surface area (Å²) in [5.74, 6) is 0.950. The molecule has 0 saturated carbocycles. The summed E-state index contributed by atoms with van der Waals surface area (Å²) in [4.78, 5) is 30.0. The maximum Gasteiger partial charge on any atom is 0.270 e. The van der Waals surface area contributed by atoms with Gasteiger partial charge in [-0.15, -0.1) is 10.2 Å². The molecule has 8 nitrogen and oxygen atoms in total. The largest absolute Gasteiger partial charge is 0.383 e. The summed E-state index contributed by atoms with van der Waals surface area (Å²) in [6.45, 7) is 2.70. The number of thioether (sulfide) groups is 1. The van der Waals surface area contributed by atoms with Gasteiger partial charge in [0.1, 0.15) is 11.5 Å². The predicted octanol–water partition coefficient (Wildman–Crippen LogP) is 3.05. The van der Waals surface area contributed by atoms with E-state index in [2.05, 4.69) is 27.3 Å². The normalized spacial score (nSPS) is 13.6. The summed E-state index contributed by atoms with van der Waals surface area (Å²) in [6.07, 6.45) is 4.34. The number of ketones is 1. The van der Waals surface area contributed by atoms with Crippen LogP contribution in [-0.4, -0.2) is 68.9 Å². The Labute approximate surface area is 191 Å². The lowest BCUT2D eigenvalue weighted by Crippen LogP contribution is -2.27. The fourth-order valence-electron chi connectivity index (χ4n) is 3.72. The van der Waals surface area contributed by atoms with Gasteiger partial charge in [0, 0.05) is 44.9 Å². The second-order valence-electron chi connectivity index (χ2n) is 7.72. The van der Waals surface area contributed by atoms with Crippen LogP contribution in [0.3, 0.4) is 0 Å². The molecule has 168 valence electrons. The molecule has 3 heterocycles. The Balaban J connectivity index is 1.41. The van der Waals surface area contributed by atoms with E-state index in [1.54, 1.807) is 19.4 Å². The number of Topliss-reactive ketones (excluding diaryl/α,β-unsaturated/α-hetero) is 1. The first-order chi connectivity index (χ1) is 15.7. The first kappa shape index (κ1) is 22.3. The number of aromatic amines is 1. The van der Waals surface area contributed by atoms with Gasteiger partial charge in [0.15, 0.2) is 10.9 Å². The molecule has 0 radical (unpaired) electrons. The zero-order chi connectivity index (χ0) is 22.3. The number of ether oxygens (including phenoxy) is 1. The molecule has 1 N–H and O–H groups in total. The Morgan fingerprint density at radius 3 is 2.69 bits per heavy atom. The number of amides is 1. The third-order valence-electron chi connectivity index (χ3n) is 5.48.